The molecule has 30 heavy (non-hydrogen) atoms. The lowest BCUT2D eigenvalue weighted by molar-refractivity contribution is 0.0692. The molecule has 0 fully saturated rings. The third-order valence-electron chi connectivity index (χ3n) is 5.26. The molecule has 0 heterocycles. The number of rotatable bonds is 10. The zero-order valence-corrected chi connectivity index (χ0v) is 17.4. The second-order valence-corrected chi connectivity index (χ2v) is 7.51. The van der Waals surface area contributed by atoms with Crippen LogP contribution in [-0.4, -0.2) is 17.6 Å². The van der Waals surface area contributed by atoms with E-state index in [2.05, 4.69) is 48.2 Å². The molecule has 0 saturated carbocycles. The Morgan fingerprint density at radius 3 is 2.27 bits per heavy atom. The van der Waals surface area contributed by atoms with Crippen LogP contribution in [0.5, 0.6) is 0 Å². The Balaban J connectivity index is 1.80. The first-order valence-electron chi connectivity index (χ1n) is 10.5. The van der Waals surface area contributed by atoms with Gasteiger partial charge in [-0.3, -0.25) is 0 Å². The van der Waals surface area contributed by atoms with E-state index in [4.69, 9.17) is 0 Å². The van der Waals surface area contributed by atoms with Gasteiger partial charge in [-0.05, 0) is 41.3 Å². The molecule has 0 bridgehead atoms. The number of hydrogen-bond donors (Lipinski definition) is 1. The van der Waals surface area contributed by atoms with Crippen molar-refractivity contribution in [2.75, 3.05) is 11.4 Å². The first-order chi connectivity index (χ1) is 14.6. The third kappa shape index (κ3) is 5.69. The molecule has 0 aliphatic carbocycles. The maximum absolute atomic E-state index is 13.9. The van der Waals surface area contributed by atoms with E-state index in [1.807, 2.05) is 18.2 Å². The van der Waals surface area contributed by atoms with Gasteiger partial charge in [0.25, 0.3) is 0 Å². The maximum Gasteiger partial charge on any atom is 0.338 e. The van der Waals surface area contributed by atoms with Gasteiger partial charge in [-0.25, -0.2) is 9.18 Å². The van der Waals surface area contributed by atoms with E-state index in [1.165, 1.54) is 24.1 Å². The zero-order chi connectivity index (χ0) is 21.3. The maximum atomic E-state index is 13.9. The van der Waals surface area contributed by atoms with Crippen molar-refractivity contribution < 1.29 is 14.3 Å². The van der Waals surface area contributed by atoms with Crippen LogP contribution in [0.3, 0.4) is 0 Å². The minimum absolute atomic E-state index is 0.287. The molecular weight excluding hydrogens is 377 g/mol. The Bertz CT molecular complexity index is 955. The number of nitrogens with zero attached hydrogens (tertiary/aromatic N) is 1. The fourth-order valence-electron chi connectivity index (χ4n) is 3.56. The predicted molar refractivity (Wildman–Crippen MR) is 120 cm³/mol. The van der Waals surface area contributed by atoms with Gasteiger partial charge in [0.05, 0.1) is 5.56 Å². The number of unbranched alkanes of at least 4 members (excludes halogenated alkanes) is 3. The topological polar surface area (TPSA) is 40.5 Å². The lowest BCUT2D eigenvalue weighted by Crippen LogP contribution is -2.24. The summed E-state index contributed by atoms with van der Waals surface area (Å²) in [5, 5.41) is 9.29. The normalized spacial score (nSPS) is 10.7. The molecule has 3 aromatic carbocycles. The molecule has 3 rings (SSSR count). The molecule has 0 unspecified atom stereocenters. The molecule has 3 nitrogen and oxygen atoms in total. The standard InChI is InChI=1S/C26H28FNO2/c1-2-3-4-8-17-28(23-15-16-25(27)24(18-23)26(29)30)19-20-11-13-22(14-12-20)21-9-6-5-7-10-21/h5-7,9-16,18H,2-4,8,17,19H2,1H3,(H,29,30). The quantitative estimate of drug-likeness (QED) is 0.378. The minimum atomic E-state index is -1.24. The molecule has 0 saturated heterocycles. The molecule has 0 aromatic heterocycles. The van der Waals surface area contributed by atoms with Gasteiger partial charge in [-0.1, -0.05) is 80.8 Å². The van der Waals surface area contributed by atoms with E-state index in [-0.39, 0.29) is 5.56 Å². The van der Waals surface area contributed by atoms with Crippen molar-refractivity contribution in [2.45, 2.75) is 39.2 Å². The number of aromatic carboxylic acids is 1. The molecule has 0 aliphatic rings. The van der Waals surface area contributed by atoms with Crippen molar-refractivity contribution in [3.63, 3.8) is 0 Å². The van der Waals surface area contributed by atoms with Gasteiger partial charge in [0.1, 0.15) is 5.82 Å². The molecule has 3 aromatic rings. The molecule has 0 amide bonds. The second kappa shape index (κ2) is 10.6. The summed E-state index contributed by atoms with van der Waals surface area (Å²) in [7, 11) is 0. The van der Waals surface area contributed by atoms with Crippen LogP contribution >= 0.6 is 0 Å². The van der Waals surface area contributed by atoms with E-state index >= 15 is 0 Å². The Morgan fingerprint density at radius 2 is 1.60 bits per heavy atom. The van der Waals surface area contributed by atoms with Crippen molar-refractivity contribution in [2.24, 2.45) is 0 Å². The Kier molecular flexibility index (Phi) is 7.61. The summed E-state index contributed by atoms with van der Waals surface area (Å²) < 4.78 is 13.9. The highest BCUT2D eigenvalue weighted by molar-refractivity contribution is 5.89. The molecule has 0 radical (unpaired) electrons. The van der Waals surface area contributed by atoms with E-state index in [9.17, 15) is 14.3 Å². The van der Waals surface area contributed by atoms with Crippen molar-refractivity contribution in [1.82, 2.24) is 0 Å². The Hall–Kier alpha value is -3.14. The number of halogens is 1. The fourth-order valence-corrected chi connectivity index (χ4v) is 3.56. The average molecular weight is 406 g/mol. The summed E-state index contributed by atoms with van der Waals surface area (Å²) in [6, 6.07) is 23.0. The van der Waals surface area contributed by atoms with Crippen LogP contribution in [0, 0.1) is 5.82 Å². The molecule has 0 aliphatic heterocycles. The molecule has 1 N–H and O–H groups in total. The van der Waals surface area contributed by atoms with Gasteiger partial charge in [0, 0.05) is 18.8 Å². The number of hydrogen-bond acceptors (Lipinski definition) is 2. The van der Waals surface area contributed by atoms with Gasteiger partial charge < -0.3 is 10.0 Å². The lowest BCUT2D eigenvalue weighted by Gasteiger charge is -2.26. The van der Waals surface area contributed by atoms with E-state index in [1.54, 1.807) is 6.07 Å². The monoisotopic (exact) mass is 405 g/mol. The second-order valence-electron chi connectivity index (χ2n) is 7.51. The first-order valence-corrected chi connectivity index (χ1v) is 10.5. The summed E-state index contributed by atoms with van der Waals surface area (Å²) in [5.41, 5.74) is 3.91. The number of carboxylic acids is 1. The van der Waals surface area contributed by atoms with Crippen molar-refractivity contribution in [3.05, 3.63) is 89.7 Å². The summed E-state index contributed by atoms with van der Waals surface area (Å²) in [4.78, 5) is 13.5. The van der Waals surface area contributed by atoms with Gasteiger partial charge in [0.15, 0.2) is 0 Å². The zero-order valence-electron chi connectivity index (χ0n) is 17.4. The fraction of sp³-hybridized carbons (Fsp3) is 0.269. The highest BCUT2D eigenvalue weighted by Crippen LogP contribution is 2.24. The minimum Gasteiger partial charge on any atom is -0.478 e. The van der Waals surface area contributed by atoms with Gasteiger partial charge in [-0.15, -0.1) is 0 Å². The molecular formula is C26H28FNO2. The largest absolute Gasteiger partial charge is 0.478 e. The molecule has 0 atom stereocenters. The van der Waals surface area contributed by atoms with Crippen LogP contribution < -0.4 is 4.90 Å². The number of benzene rings is 3. The van der Waals surface area contributed by atoms with Crippen LogP contribution in [0.15, 0.2) is 72.8 Å². The van der Waals surface area contributed by atoms with E-state index < -0.39 is 11.8 Å². The highest BCUT2D eigenvalue weighted by Gasteiger charge is 2.15. The van der Waals surface area contributed by atoms with Crippen LogP contribution in [0.25, 0.3) is 11.1 Å². The van der Waals surface area contributed by atoms with Crippen LogP contribution in [-0.2, 0) is 6.54 Å². The van der Waals surface area contributed by atoms with E-state index in [0.29, 0.717) is 6.54 Å². The average Bonchev–Trinajstić information content (AvgIpc) is 2.77. The lowest BCUT2D eigenvalue weighted by atomic mass is 10.0. The number of carbonyl (C=O) groups is 1. The SMILES string of the molecule is CCCCCCN(Cc1ccc(-c2ccccc2)cc1)c1ccc(F)c(C(=O)O)c1. The van der Waals surface area contributed by atoms with Gasteiger partial charge >= 0.3 is 5.97 Å². The number of carboxylic acid groups (broad SMARTS) is 1. The summed E-state index contributed by atoms with van der Waals surface area (Å²) in [5.74, 6) is -1.95. The van der Waals surface area contributed by atoms with Gasteiger partial charge in [0.2, 0.25) is 0 Å². The van der Waals surface area contributed by atoms with Crippen LogP contribution in [0.4, 0.5) is 10.1 Å². The molecule has 4 heteroatoms. The predicted octanol–water partition coefficient (Wildman–Crippen LogP) is 6.78. The van der Waals surface area contributed by atoms with Gasteiger partial charge in [-0.2, -0.15) is 0 Å². The smallest absolute Gasteiger partial charge is 0.338 e. The van der Waals surface area contributed by atoms with Crippen molar-refractivity contribution in [3.8, 4) is 11.1 Å². The third-order valence-corrected chi connectivity index (χ3v) is 5.26. The number of anilines is 1. The molecule has 156 valence electrons. The Labute approximate surface area is 177 Å². The Morgan fingerprint density at radius 1 is 0.900 bits per heavy atom. The van der Waals surface area contributed by atoms with Crippen molar-refractivity contribution >= 4 is 11.7 Å². The molecule has 0 spiro atoms. The highest BCUT2D eigenvalue weighted by atomic mass is 19.1. The van der Waals surface area contributed by atoms with E-state index in [0.717, 1.165) is 42.6 Å². The first kappa shape index (κ1) is 21.6. The van der Waals surface area contributed by atoms with Crippen LogP contribution in [0.1, 0.15) is 48.5 Å². The summed E-state index contributed by atoms with van der Waals surface area (Å²) in [6.45, 7) is 3.61. The van der Waals surface area contributed by atoms with Crippen molar-refractivity contribution in [1.29, 1.82) is 0 Å². The summed E-state index contributed by atoms with van der Waals surface area (Å²) >= 11 is 0. The van der Waals surface area contributed by atoms with Crippen LogP contribution in [0.2, 0.25) is 0 Å². The summed E-state index contributed by atoms with van der Waals surface area (Å²) in [6.07, 6.45) is 4.45.